The van der Waals surface area contributed by atoms with Gasteiger partial charge in [0.2, 0.25) is 0 Å². The molecule has 0 spiro atoms. The summed E-state index contributed by atoms with van der Waals surface area (Å²) in [4.78, 5) is 17.0. The van der Waals surface area contributed by atoms with Gasteiger partial charge in [0, 0.05) is 11.3 Å². The number of carbonyl (C=O) groups is 1. The maximum Gasteiger partial charge on any atom is 0.255 e. The first-order chi connectivity index (χ1) is 11.8. The maximum absolute atomic E-state index is 12.4. The molecule has 0 fully saturated rings. The molecule has 2 aromatic carbocycles. The third-order valence-corrected chi connectivity index (χ3v) is 6.92. The minimum absolute atomic E-state index is 0.223. The Balaban J connectivity index is 1.80. The first-order valence-corrected chi connectivity index (χ1v) is 10.2. The fourth-order valence-electron chi connectivity index (χ4n) is 2.39. The second-order valence-electron chi connectivity index (χ2n) is 5.99. The van der Waals surface area contributed by atoms with Crippen molar-refractivity contribution in [3.63, 3.8) is 0 Å². The second kappa shape index (κ2) is 6.57. The molecule has 25 heavy (non-hydrogen) atoms. The summed E-state index contributed by atoms with van der Waals surface area (Å²) in [6.45, 7) is 5.20. The predicted molar refractivity (Wildman–Crippen MR) is 101 cm³/mol. The van der Waals surface area contributed by atoms with Gasteiger partial charge >= 0.3 is 0 Å². The number of hydrogen-bond acceptors (Lipinski definition) is 5. The quantitative estimate of drug-likeness (QED) is 0.748. The lowest BCUT2D eigenvalue weighted by Crippen LogP contribution is -2.15. The Morgan fingerprint density at radius 3 is 2.44 bits per heavy atom. The van der Waals surface area contributed by atoms with Gasteiger partial charge in [0.15, 0.2) is 9.84 Å². The first kappa shape index (κ1) is 17.6. The monoisotopic (exact) mass is 374 g/mol. The number of aryl methyl sites for hydroxylation is 1. The van der Waals surface area contributed by atoms with Gasteiger partial charge in [-0.3, -0.25) is 4.79 Å². The maximum atomic E-state index is 12.4. The van der Waals surface area contributed by atoms with E-state index in [1.54, 1.807) is 31.3 Å². The molecule has 0 saturated carbocycles. The van der Waals surface area contributed by atoms with Gasteiger partial charge in [-0.1, -0.05) is 0 Å². The molecule has 0 aliphatic rings. The van der Waals surface area contributed by atoms with Gasteiger partial charge in [0.05, 0.1) is 25.4 Å². The minimum Gasteiger partial charge on any atom is -0.322 e. The van der Waals surface area contributed by atoms with Crippen molar-refractivity contribution in [2.75, 3.05) is 5.32 Å². The van der Waals surface area contributed by atoms with Crippen LogP contribution in [0.4, 0.5) is 5.69 Å². The van der Waals surface area contributed by atoms with Crippen molar-refractivity contribution in [1.29, 1.82) is 0 Å². The standard InChI is InChI=1S/C18H18N2O3S2/c1-11(2)25(22,23)15-7-4-13(5-8-15)18(21)20-14-6-9-16-17(10-14)24-12(3)19-16/h4-11H,1-3H3,(H,20,21). The summed E-state index contributed by atoms with van der Waals surface area (Å²) < 4.78 is 25.3. The number of sulfone groups is 1. The molecule has 3 rings (SSSR count). The molecule has 0 radical (unpaired) electrons. The van der Waals surface area contributed by atoms with E-state index in [0.717, 1.165) is 15.2 Å². The molecule has 1 aromatic heterocycles. The highest BCUT2D eigenvalue weighted by Crippen LogP contribution is 2.25. The molecule has 0 saturated heterocycles. The topological polar surface area (TPSA) is 76.1 Å². The first-order valence-electron chi connectivity index (χ1n) is 7.80. The van der Waals surface area contributed by atoms with Crippen molar-refractivity contribution in [1.82, 2.24) is 4.98 Å². The zero-order valence-electron chi connectivity index (χ0n) is 14.1. The Hall–Kier alpha value is -2.25. The smallest absolute Gasteiger partial charge is 0.255 e. The molecule has 1 heterocycles. The molecular formula is C18H18N2O3S2. The fraction of sp³-hybridized carbons (Fsp3) is 0.222. The SMILES string of the molecule is Cc1nc2ccc(NC(=O)c3ccc(S(=O)(=O)C(C)C)cc3)cc2s1. The summed E-state index contributed by atoms with van der Waals surface area (Å²) in [6, 6.07) is 11.6. The number of amides is 1. The number of nitrogens with zero attached hydrogens (tertiary/aromatic N) is 1. The Morgan fingerprint density at radius 2 is 1.80 bits per heavy atom. The molecule has 5 nitrogen and oxygen atoms in total. The minimum atomic E-state index is -3.34. The third-order valence-electron chi connectivity index (χ3n) is 3.82. The van der Waals surface area contributed by atoms with Crippen molar-refractivity contribution in [3.05, 3.63) is 53.0 Å². The molecule has 7 heteroatoms. The largest absolute Gasteiger partial charge is 0.322 e. The highest BCUT2D eigenvalue weighted by molar-refractivity contribution is 7.92. The lowest BCUT2D eigenvalue weighted by Gasteiger charge is -2.09. The summed E-state index contributed by atoms with van der Waals surface area (Å²) >= 11 is 1.57. The molecule has 3 aromatic rings. The van der Waals surface area contributed by atoms with Crippen LogP contribution in [0.1, 0.15) is 29.2 Å². The van der Waals surface area contributed by atoms with E-state index < -0.39 is 15.1 Å². The number of aromatic nitrogens is 1. The number of hydrogen-bond donors (Lipinski definition) is 1. The van der Waals surface area contributed by atoms with E-state index in [2.05, 4.69) is 10.3 Å². The number of thiazole rings is 1. The molecule has 130 valence electrons. The van der Waals surface area contributed by atoms with Gasteiger partial charge in [-0.15, -0.1) is 11.3 Å². The van der Waals surface area contributed by atoms with Crippen molar-refractivity contribution < 1.29 is 13.2 Å². The summed E-state index contributed by atoms with van der Waals surface area (Å²) in [6.07, 6.45) is 0. The highest BCUT2D eigenvalue weighted by atomic mass is 32.2. The van der Waals surface area contributed by atoms with Gasteiger partial charge in [0.25, 0.3) is 5.91 Å². The van der Waals surface area contributed by atoms with Crippen molar-refractivity contribution in [3.8, 4) is 0 Å². The lowest BCUT2D eigenvalue weighted by molar-refractivity contribution is 0.102. The number of nitrogens with one attached hydrogen (secondary N) is 1. The highest BCUT2D eigenvalue weighted by Gasteiger charge is 2.19. The fourth-order valence-corrected chi connectivity index (χ4v) is 4.32. The molecule has 0 aliphatic carbocycles. The van der Waals surface area contributed by atoms with Crippen molar-refractivity contribution in [2.24, 2.45) is 0 Å². The zero-order valence-corrected chi connectivity index (χ0v) is 15.7. The normalized spacial score (nSPS) is 11.8. The summed E-state index contributed by atoms with van der Waals surface area (Å²) in [7, 11) is -3.34. The summed E-state index contributed by atoms with van der Waals surface area (Å²) in [5.41, 5.74) is 1.99. The Morgan fingerprint density at radius 1 is 1.12 bits per heavy atom. The number of carbonyl (C=O) groups excluding carboxylic acids is 1. The molecule has 1 amide bonds. The van der Waals surface area contributed by atoms with Gasteiger partial charge in [-0.25, -0.2) is 13.4 Å². The zero-order chi connectivity index (χ0) is 18.2. The van der Waals surface area contributed by atoms with Gasteiger partial charge < -0.3 is 5.32 Å². The van der Waals surface area contributed by atoms with Crippen LogP contribution in [0.5, 0.6) is 0 Å². The summed E-state index contributed by atoms with van der Waals surface area (Å²) in [5.74, 6) is -0.283. The summed E-state index contributed by atoms with van der Waals surface area (Å²) in [5, 5.41) is 3.31. The third kappa shape index (κ3) is 3.57. The number of benzene rings is 2. The molecule has 0 atom stereocenters. The number of rotatable bonds is 4. The van der Waals surface area contributed by atoms with Crippen LogP contribution < -0.4 is 5.32 Å². The average Bonchev–Trinajstić information content (AvgIpc) is 2.94. The van der Waals surface area contributed by atoms with E-state index in [-0.39, 0.29) is 10.8 Å². The number of anilines is 1. The van der Waals surface area contributed by atoms with Crippen LogP contribution in [0.25, 0.3) is 10.2 Å². The van der Waals surface area contributed by atoms with E-state index in [1.165, 1.54) is 24.3 Å². The van der Waals surface area contributed by atoms with Crippen molar-refractivity contribution in [2.45, 2.75) is 30.9 Å². The lowest BCUT2D eigenvalue weighted by atomic mass is 10.2. The van der Waals surface area contributed by atoms with E-state index in [9.17, 15) is 13.2 Å². The molecule has 1 N–H and O–H groups in total. The van der Waals surface area contributed by atoms with E-state index in [4.69, 9.17) is 0 Å². The van der Waals surface area contributed by atoms with E-state index >= 15 is 0 Å². The molecule has 0 aliphatic heterocycles. The molecule has 0 bridgehead atoms. The average molecular weight is 374 g/mol. The molecular weight excluding hydrogens is 356 g/mol. The van der Waals surface area contributed by atoms with E-state index in [0.29, 0.717) is 11.3 Å². The van der Waals surface area contributed by atoms with Crippen LogP contribution in [-0.4, -0.2) is 24.6 Å². The van der Waals surface area contributed by atoms with Gasteiger partial charge in [-0.05, 0) is 63.2 Å². The second-order valence-corrected chi connectivity index (χ2v) is 9.73. The van der Waals surface area contributed by atoms with Crippen LogP contribution in [0, 0.1) is 6.92 Å². The molecule has 0 unspecified atom stereocenters. The Kier molecular flexibility index (Phi) is 4.62. The van der Waals surface area contributed by atoms with Crippen molar-refractivity contribution >= 4 is 43.0 Å². The number of fused-ring (bicyclic) bond motifs is 1. The Bertz CT molecular complexity index is 1040. The van der Waals surface area contributed by atoms with Crippen LogP contribution in [0.15, 0.2) is 47.4 Å². The van der Waals surface area contributed by atoms with Gasteiger partial charge in [0.1, 0.15) is 0 Å². The van der Waals surface area contributed by atoms with Crippen LogP contribution in [0.3, 0.4) is 0 Å². The van der Waals surface area contributed by atoms with Crippen LogP contribution >= 0.6 is 11.3 Å². The van der Waals surface area contributed by atoms with Crippen LogP contribution in [0.2, 0.25) is 0 Å². The van der Waals surface area contributed by atoms with Crippen LogP contribution in [-0.2, 0) is 9.84 Å². The van der Waals surface area contributed by atoms with Gasteiger partial charge in [-0.2, -0.15) is 0 Å². The van der Waals surface area contributed by atoms with E-state index in [1.807, 2.05) is 19.1 Å². The predicted octanol–water partition coefficient (Wildman–Crippen LogP) is 4.04. The Labute approximate surface area is 150 Å².